The van der Waals surface area contributed by atoms with Crippen LogP contribution >= 0.6 is 22.6 Å². The van der Waals surface area contributed by atoms with Crippen molar-refractivity contribution in [3.8, 4) is 0 Å². The number of nitrogens with one attached hydrogen (secondary N) is 1. The molecule has 0 radical (unpaired) electrons. The van der Waals surface area contributed by atoms with Crippen LogP contribution in [0.2, 0.25) is 0 Å². The maximum atomic E-state index is 11.0. The van der Waals surface area contributed by atoms with Crippen molar-refractivity contribution in [2.24, 2.45) is 0 Å². The van der Waals surface area contributed by atoms with Gasteiger partial charge in [0.1, 0.15) is 5.69 Å². The van der Waals surface area contributed by atoms with Crippen LogP contribution in [-0.4, -0.2) is 24.7 Å². The Kier molecular flexibility index (Phi) is 6.34. The maximum Gasteiger partial charge on any atom is 0.293 e. The van der Waals surface area contributed by atoms with E-state index in [2.05, 4.69) is 34.8 Å². The number of methoxy groups -OCH3 is 1. The van der Waals surface area contributed by atoms with Gasteiger partial charge in [0.05, 0.1) is 11.5 Å². The predicted molar refractivity (Wildman–Crippen MR) is 80.0 cm³/mol. The molecule has 5 nitrogen and oxygen atoms in total. The Balaban J connectivity index is 2.90. The second-order valence-corrected chi connectivity index (χ2v) is 5.25. The number of nitro groups is 1. The summed E-state index contributed by atoms with van der Waals surface area (Å²) in [6.45, 7) is 2.61. The molecule has 1 atom stereocenters. The van der Waals surface area contributed by atoms with Crippen molar-refractivity contribution in [1.82, 2.24) is 0 Å². The van der Waals surface area contributed by atoms with Gasteiger partial charge in [-0.3, -0.25) is 10.1 Å². The molecule has 1 rings (SSSR count). The van der Waals surface area contributed by atoms with Gasteiger partial charge in [-0.25, -0.2) is 0 Å². The number of hydrogen-bond donors (Lipinski definition) is 1. The van der Waals surface area contributed by atoms with Crippen LogP contribution < -0.4 is 5.32 Å². The topological polar surface area (TPSA) is 64.4 Å². The van der Waals surface area contributed by atoms with Crippen LogP contribution in [0.3, 0.4) is 0 Å². The molecule has 0 aliphatic heterocycles. The molecule has 0 aliphatic carbocycles. The van der Waals surface area contributed by atoms with E-state index in [9.17, 15) is 10.1 Å². The smallest absolute Gasteiger partial charge is 0.293 e. The number of nitrogens with zero attached hydrogens (tertiary/aromatic N) is 1. The third-order valence-electron chi connectivity index (χ3n) is 2.52. The largest absolute Gasteiger partial charge is 0.383 e. The Hall–Kier alpha value is -0.890. The highest BCUT2D eigenvalue weighted by Gasteiger charge is 2.17. The Labute approximate surface area is 120 Å². The van der Waals surface area contributed by atoms with Gasteiger partial charge in [-0.2, -0.15) is 0 Å². The number of benzene rings is 1. The molecule has 0 saturated carbocycles. The first kappa shape index (κ1) is 15.2. The highest BCUT2D eigenvalue weighted by Crippen LogP contribution is 2.27. The van der Waals surface area contributed by atoms with Crippen molar-refractivity contribution in [1.29, 1.82) is 0 Å². The van der Waals surface area contributed by atoms with Gasteiger partial charge < -0.3 is 10.1 Å². The molecular formula is C12H17IN2O3. The van der Waals surface area contributed by atoms with Crippen molar-refractivity contribution < 1.29 is 9.66 Å². The molecule has 1 aromatic rings. The third kappa shape index (κ3) is 4.41. The zero-order valence-electron chi connectivity index (χ0n) is 10.5. The second-order valence-electron chi connectivity index (χ2n) is 4.00. The summed E-state index contributed by atoms with van der Waals surface area (Å²) in [5.41, 5.74) is 0.662. The van der Waals surface area contributed by atoms with Gasteiger partial charge in [-0.15, -0.1) is 0 Å². The fourth-order valence-electron chi connectivity index (χ4n) is 1.74. The molecule has 1 aromatic carbocycles. The molecule has 0 saturated heterocycles. The van der Waals surface area contributed by atoms with Crippen LogP contribution in [-0.2, 0) is 4.74 Å². The Morgan fingerprint density at radius 1 is 1.56 bits per heavy atom. The lowest BCUT2D eigenvalue weighted by molar-refractivity contribution is -0.384. The highest BCUT2D eigenvalue weighted by atomic mass is 127. The van der Waals surface area contributed by atoms with E-state index in [1.54, 1.807) is 19.2 Å². The number of halogens is 1. The quantitative estimate of drug-likeness (QED) is 0.458. The summed E-state index contributed by atoms with van der Waals surface area (Å²) in [5.74, 6) is 0. The van der Waals surface area contributed by atoms with E-state index in [1.165, 1.54) is 0 Å². The molecule has 0 aliphatic rings. The van der Waals surface area contributed by atoms with Gasteiger partial charge >= 0.3 is 0 Å². The van der Waals surface area contributed by atoms with Crippen LogP contribution in [0.4, 0.5) is 11.4 Å². The summed E-state index contributed by atoms with van der Waals surface area (Å²) < 4.78 is 5.97. The summed E-state index contributed by atoms with van der Waals surface area (Å²) in [6, 6.07) is 5.27. The molecule has 100 valence electrons. The van der Waals surface area contributed by atoms with Crippen LogP contribution in [0.15, 0.2) is 18.2 Å². The molecule has 0 spiro atoms. The monoisotopic (exact) mass is 364 g/mol. The number of hydrogen-bond acceptors (Lipinski definition) is 4. The number of ether oxygens (including phenoxy) is 1. The summed E-state index contributed by atoms with van der Waals surface area (Å²) in [4.78, 5) is 10.6. The van der Waals surface area contributed by atoms with E-state index in [-0.39, 0.29) is 16.7 Å². The molecular weight excluding hydrogens is 347 g/mol. The number of nitro benzene ring substituents is 1. The molecule has 1 N–H and O–H groups in total. The SMILES string of the molecule is CCCC(COC)Nc1ccc(I)cc1[N+](=O)[O-]. The molecule has 0 heterocycles. The van der Waals surface area contributed by atoms with Gasteiger partial charge in [-0.05, 0) is 41.1 Å². The van der Waals surface area contributed by atoms with Crippen molar-refractivity contribution in [2.45, 2.75) is 25.8 Å². The Morgan fingerprint density at radius 3 is 2.83 bits per heavy atom. The molecule has 1 unspecified atom stereocenters. The Morgan fingerprint density at radius 2 is 2.28 bits per heavy atom. The minimum absolute atomic E-state index is 0.0961. The lowest BCUT2D eigenvalue weighted by Crippen LogP contribution is -2.25. The van der Waals surface area contributed by atoms with Crippen LogP contribution in [0.1, 0.15) is 19.8 Å². The minimum atomic E-state index is -0.361. The molecule has 0 fully saturated rings. The number of rotatable bonds is 7. The van der Waals surface area contributed by atoms with E-state index < -0.39 is 0 Å². The van der Waals surface area contributed by atoms with Gasteiger partial charge in [0.25, 0.3) is 5.69 Å². The summed E-state index contributed by atoms with van der Waals surface area (Å²) in [7, 11) is 1.63. The van der Waals surface area contributed by atoms with Gasteiger partial charge in [0, 0.05) is 22.8 Å². The van der Waals surface area contributed by atoms with Crippen molar-refractivity contribution in [3.63, 3.8) is 0 Å². The van der Waals surface area contributed by atoms with Crippen molar-refractivity contribution in [3.05, 3.63) is 31.9 Å². The Bertz CT molecular complexity index is 406. The predicted octanol–water partition coefficient (Wildman–Crippen LogP) is 3.43. The minimum Gasteiger partial charge on any atom is -0.383 e. The van der Waals surface area contributed by atoms with Crippen LogP contribution in [0, 0.1) is 13.7 Å². The third-order valence-corrected chi connectivity index (χ3v) is 3.19. The van der Waals surface area contributed by atoms with E-state index in [1.807, 2.05) is 6.07 Å². The highest BCUT2D eigenvalue weighted by molar-refractivity contribution is 14.1. The van der Waals surface area contributed by atoms with E-state index in [4.69, 9.17) is 4.74 Å². The van der Waals surface area contributed by atoms with Crippen molar-refractivity contribution >= 4 is 34.0 Å². The normalized spacial score (nSPS) is 12.2. The first-order chi connectivity index (χ1) is 8.58. The summed E-state index contributed by atoms with van der Waals surface area (Å²) in [5, 5.41) is 14.2. The van der Waals surface area contributed by atoms with E-state index in [0.717, 1.165) is 16.4 Å². The van der Waals surface area contributed by atoms with Crippen LogP contribution in [0.5, 0.6) is 0 Å². The lowest BCUT2D eigenvalue weighted by atomic mass is 10.1. The van der Waals surface area contributed by atoms with Crippen molar-refractivity contribution in [2.75, 3.05) is 19.0 Å². The fraction of sp³-hybridized carbons (Fsp3) is 0.500. The van der Waals surface area contributed by atoms with Crippen LogP contribution in [0.25, 0.3) is 0 Å². The standard InChI is InChI=1S/C12H17IN2O3/c1-3-4-10(8-18-2)14-11-6-5-9(13)7-12(11)15(16)17/h5-7,10,14H,3-4,8H2,1-2H3. The summed E-state index contributed by atoms with van der Waals surface area (Å²) >= 11 is 2.07. The molecule has 6 heteroatoms. The van der Waals surface area contributed by atoms with Gasteiger partial charge in [0.2, 0.25) is 0 Å². The lowest BCUT2D eigenvalue weighted by Gasteiger charge is -2.18. The van der Waals surface area contributed by atoms with E-state index in [0.29, 0.717) is 12.3 Å². The average Bonchev–Trinajstić information content (AvgIpc) is 2.32. The maximum absolute atomic E-state index is 11.0. The van der Waals surface area contributed by atoms with E-state index >= 15 is 0 Å². The summed E-state index contributed by atoms with van der Waals surface area (Å²) in [6.07, 6.45) is 1.91. The number of anilines is 1. The zero-order valence-corrected chi connectivity index (χ0v) is 12.6. The first-order valence-electron chi connectivity index (χ1n) is 5.77. The molecule has 18 heavy (non-hydrogen) atoms. The van der Waals surface area contributed by atoms with Gasteiger partial charge in [0.15, 0.2) is 0 Å². The molecule has 0 bridgehead atoms. The average molecular weight is 364 g/mol. The second kappa shape index (κ2) is 7.52. The fourth-order valence-corrected chi connectivity index (χ4v) is 2.22. The first-order valence-corrected chi connectivity index (χ1v) is 6.85. The molecule has 0 amide bonds. The molecule has 0 aromatic heterocycles. The zero-order chi connectivity index (χ0) is 13.5. The van der Waals surface area contributed by atoms with Gasteiger partial charge in [-0.1, -0.05) is 13.3 Å².